The Morgan fingerprint density at radius 1 is 1.38 bits per heavy atom. The highest BCUT2D eigenvalue weighted by Gasteiger charge is 2.18. The number of aryl methyl sites for hydroxylation is 1. The van der Waals surface area contributed by atoms with Gasteiger partial charge in [0.15, 0.2) is 5.13 Å². The molecule has 2 rings (SSSR count). The van der Waals surface area contributed by atoms with Crippen LogP contribution in [0.3, 0.4) is 0 Å². The minimum absolute atomic E-state index is 0.733. The molecule has 0 saturated carbocycles. The van der Waals surface area contributed by atoms with Gasteiger partial charge >= 0.3 is 0 Å². The molecule has 16 heavy (non-hydrogen) atoms. The smallest absolute Gasteiger partial charge is 0.185 e. The van der Waals surface area contributed by atoms with Crippen molar-refractivity contribution in [3.8, 4) is 0 Å². The molecule has 1 aliphatic heterocycles. The highest BCUT2D eigenvalue weighted by Crippen LogP contribution is 2.21. The number of anilines is 1. The van der Waals surface area contributed by atoms with Crippen LogP contribution in [0.5, 0.6) is 0 Å². The van der Waals surface area contributed by atoms with E-state index in [2.05, 4.69) is 27.1 Å². The first-order valence-electron chi connectivity index (χ1n) is 5.81. The Morgan fingerprint density at radius 3 is 2.69 bits per heavy atom. The second kappa shape index (κ2) is 5.84. The van der Waals surface area contributed by atoms with E-state index in [4.69, 9.17) is 11.6 Å². The van der Waals surface area contributed by atoms with E-state index >= 15 is 0 Å². The molecule has 3 nitrogen and oxygen atoms in total. The fraction of sp³-hybridized carbons (Fsp3) is 0.727. The van der Waals surface area contributed by atoms with Gasteiger partial charge in [0.05, 0.1) is 5.69 Å². The van der Waals surface area contributed by atoms with Crippen LogP contribution in [0.2, 0.25) is 0 Å². The van der Waals surface area contributed by atoms with Gasteiger partial charge in [-0.05, 0) is 6.42 Å². The van der Waals surface area contributed by atoms with Crippen LogP contribution in [0.1, 0.15) is 12.6 Å². The maximum absolute atomic E-state index is 5.74. The number of rotatable bonds is 4. The number of alkyl halides is 1. The van der Waals surface area contributed by atoms with Gasteiger partial charge in [0.25, 0.3) is 0 Å². The summed E-state index contributed by atoms with van der Waals surface area (Å²) in [5.41, 5.74) is 1.21. The molecule has 5 heteroatoms. The van der Waals surface area contributed by atoms with Crippen molar-refractivity contribution < 1.29 is 0 Å². The number of nitrogens with zero attached hydrogens (tertiary/aromatic N) is 3. The molecule has 0 aromatic carbocycles. The number of hydrogen-bond donors (Lipinski definition) is 0. The molecule has 1 aliphatic rings. The van der Waals surface area contributed by atoms with Gasteiger partial charge in [0.2, 0.25) is 0 Å². The van der Waals surface area contributed by atoms with Gasteiger partial charge < -0.3 is 4.90 Å². The Balaban J connectivity index is 1.88. The van der Waals surface area contributed by atoms with Crippen LogP contribution in [-0.2, 0) is 6.42 Å². The number of hydrogen-bond acceptors (Lipinski definition) is 4. The Labute approximate surface area is 106 Å². The lowest BCUT2D eigenvalue weighted by atomic mass is 10.3. The van der Waals surface area contributed by atoms with Gasteiger partial charge in [-0.2, -0.15) is 0 Å². The van der Waals surface area contributed by atoms with Crippen molar-refractivity contribution in [3.63, 3.8) is 0 Å². The zero-order valence-electron chi connectivity index (χ0n) is 9.65. The third kappa shape index (κ3) is 2.87. The number of halogens is 1. The van der Waals surface area contributed by atoms with Crippen molar-refractivity contribution in [1.29, 1.82) is 0 Å². The molecular formula is C11H18ClN3S. The van der Waals surface area contributed by atoms with Gasteiger partial charge in [-0.15, -0.1) is 22.9 Å². The summed E-state index contributed by atoms with van der Waals surface area (Å²) in [6.07, 6.45) is 1.03. The first-order valence-corrected chi connectivity index (χ1v) is 7.22. The third-order valence-electron chi connectivity index (χ3n) is 2.95. The Kier molecular flexibility index (Phi) is 4.44. The number of thiazole rings is 1. The quantitative estimate of drug-likeness (QED) is 0.772. The zero-order chi connectivity index (χ0) is 11.4. The minimum atomic E-state index is 0.733. The normalized spacial score (nSPS) is 18.0. The fourth-order valence-corrected chi connectivity index (χ4v) is 3.09. The third-order valence-corrected chi connectivity index (χ3v) is 4.06. The molecular weight excluding hydrogens is 242 g/mol. The fourth-order valence-electron chi connectivity index (χ4n) is 1.89. The molecule has 90 valence electrons. The van der Waals surface area contributed by atoms with Gasteiger partial charge in [-0.3, -0.25) is 4.90 Å². The van der Waals surface area contributed by atoms with Gasteiger partial charge in [0.1, 0.15) is 0 Å². The van der Waals surface area contributed by atoms with Crippen molar-refractivity contribution >= 4 is 28.1 Å². The van der Waals surface area contributed by atoms with Crippen LogP contribution >= 0.6 is 22.9 Å². The molecule has 0 radical (unpaired) electrons. The monoisotopic (exact) mass is 259 g/mol. The lowest BCUT2D eigenvalue weighted by Gasteiger charge is -2.34. The summed E-state index contributed by atoms with van der Waals surface area (Å²) in [4.78, 5) is 9.42. The van der Waals surface area contributed by atoms with E-state index in [1.54, 1.807) is 11.3 Å². The number of aromatic nitrogens is 1. The second-order valence-corrected chi connectivity index (χ2v) is 5.21. The van der Waals surface area contributed by atoms with Crippen LogP contribution in [0.15, 0.2) is 5.38 Å². The largest absolute Gasteiger partial charge is 0.346 e. The average Bonchev–Trinajstić information content (AvgIpc) is 2.79. The predicted molar refractivity (Wildman–Crippen MR) is 70.9 cm³/mol. The molecule has 0 bridgehead atoms. The first kappa shape index (κ1) is 12.1. The maximum Gasteiger partial charge on any atom is 0.185 e. The van der Waals surface area contributed by atoms with Gasteiger partial charge in [-0.25, -0.2) is 4.98 Å². The summed E-state index contributed by atoms with van der Waals surface area (Å²) < 4.78 is 0. The molecule has 1 aromatic heterocycles. The van der Waals surface area contributed by atoms with Crippen molar-refractivity contribution in [2.24, 2.45) is 0 Å². The highest BCUT2D eigenvalue weighted by atomic mass is 35.5. The lowest BCUT2D eigenvalue weighted by Crippen LogP contribution is -2.46. The van der Waals surface area contributed by atoms with Gasteiger partial charge in [-0.1, -0.05) is 6.92 Å². The van der Waals surface area contributed by atoms with E-state index in [1.807, 2.05) is 0 Å². The van der Waals surface area contributed by atoms with Crippen LogP contribution in [-0.4, -0.2) is 48.5 Å². The number of piperazine rings is 1. The van der Waals surface area contributed by atoms with Crippen molar-refractivity contribution in [3.05, 3.63) is 11.1 Å². The minimum Gasteiger partial charge on any atom is -0.346 e. The van der Waals surface area contributed by atoms with Crippen molar-refractivity contribution in [2.45, 2.75) is 13.3 Å². The predicted octanol–water partition coefficient (Wildman–Crippen LogP) is 2.07. The lowest BCUT2D eigenvalue weighted by molar-refractivity contribution is 0.272. The summed E-state index contributed by atoms with van der Waals surface area (Å²) in [6, 6.07) is 0. The molecule has 1 aromatic rings. The summed E-state index contributed by atoms with van der Waals surface area (Å²) in [5, 5.41) is 3.35. The Morgan fingerprint density at radius 2 is 2.12 bits per heavy atom. The Hall–Kier alpha value is -0.320. The highest BCUT2D eigenvalue weighted by molar-refractivity contribution is 7.13. The SMILES string of the molecule is CCc1csc(N2CCN(CCCl)CC2)n1. The van der Waals surface area contributed by atoms with E-state index in [9.17, 15) is 0 Å². The van der Waals surface area contributed by atoms with E-state index in [1.165, 1.54) is 10.8 Å². The topological polar surface area (TPSA) is 19.4 Å². The van der Waals surface area contributed by atoms with E-state index in [0.29, 0.717) is 0 Å². The summed E-state index contributed by atoms with van der Waals surface area (Å²) in [6.45, 7) is 7.52. The molecule has 1 fully saturated rings. The molecule has 0 aliphatic carbocycles. The average molecular weight is 260 g/mol. The van der Waals surface area contributed by atoms with Gasteiger partial charge in [0, 0.05) is 44.0 Å². The van der Waals surface area contributed by atoms with Crippen LogP contribution in [0.4, 0.5) is 5.13 Å². The van der Waals surface area contributed by atoms with E-state index in [0.717, 1.165) is 45.0 Å². The molecule has 0 N–H and O–H groups in total. The van der Waals surface area contributed by atoms with Crippen molar-refractivity contribution in [2.75, 3.05) is 43.5 Å². The Bertz CT molecular complexity index is 321. The molecule has 1 saturated heterocycles. The molecule has 0 atom stereocenters. The molecule has 0 unspecified atom stereocenters. The van der Waals surface area contributed by atoms with Crippen LogP contribution < -0.4 is 4.90 Å². The summed E-state index contributed by atoms with van der Waals surface area (Å²) >= 11 is 7.51. The second-order valence-electron chi connectivity index (χ2n) is 3.99. The summed E-state index contributed by atoms with van der Waals surface area (Å²) in [5.74, 6) is 0.733. The molecule has 0 amide bonds. The maximum atomic E-state index is 5.74. The van der Waals surface area contributed by atoms with Crippen LogP contribution in [0.25, 0.3) is 0 Å². The summed E-state index contributed by atoms with van der Waals surface area (Å²) in [7, 11) is 0. The molecule has 0 spiro atoms. The van der Waals surface area contributed by atoms with E-state index < -0.39 is 0 Å². The first-order chi connectivity index (χ1) is 7.83. The van der Waals surface area contributed by atoms with Crippen LogP contribution in [0, 0.1) is 0 Å². The molecule has 2 heterocycles. The standard InChI is InChI=1S/C11H18ClN3S/c1-2-10-9-16-11(13-10)15-7-5-14(4-3-12)6-8-15/h9H,2-8H2,1H3. The zero-order valence-corrected chi connectivity index (χ0v) is 11.2. The van der Waals surface area contributed by atoms with E-state index in [-0.39, 0.29) is 0 Å². The van der Waals surface area contributed by atoms with Crippen molar-refractivity contribution in [1.82, 2.24) is 9.88 Å².